The molecule has 0 saturated carbocycles. The van der Waals surface area contributed by atoms with Crippen molar-refractivity contribution in [2.75, 3.05) is 0 Å². The fourth-order valence-electron chi connectivity index (χ4n) is 1.96. The summed E-state index contributed by atoms with van der Waals surface area (Å²) in [5, 5.41) is 12.7. The summed E-state index contributed by atoms with van der Waals surface area (Å²) in [6, 6.07) is 7.85. The Morgan fingerprint density at radius 1 is 1.25 bits per heavy atom. The van der Waals surface area contributed by atoms with Crippen LogP contribution in [0.1, 0.15) is 27.1 Å². The van der Waals surface area contributed by atoms with Crippen LogP contribution in [0.4, 0.5) is 0 Å². The van der Waals surface area contributed by atoms with E-state index >= 15 is 0 Å². The second-order valence-corrected chi connectivity index (χ2v) is 6.11. The molecule has 1 N–H and O–H groups in total. The van der Waals surface area contributed by atoms with Gasteiger partial charge in [-0.25, -0.2) is 9.78 Å². The highest BCUT2D eigenvalue weighted by atomic mass is 32.1. The minimum absolute atomic E-state index is 0.159. The topological polar surface area (TPSA) is 67.3 Å². The lowest BCUT2D eigenvalue weighted by atomic mass is 10.2. The molecule has 6 heteroatoms. The van der Waals surface area contributed by atoms with Crippen LogP contribution in [0.2, 0.25) is 0 Å². The molecule has 0 unspecified atom stereocenters. The molecule has 1 aromatic carbocycles. The van der Waals surface area contributed by atoms with Crippen molar-refractivity contribution in [2.45, 2.75) is 6.92 Å². The Morgan fingerprint density at radius 2 is 2.00 bits per heavy atom. The molecule has 100 valence electrons. The lowest BCUT2D eigenvalue weighted by Crippen LogP contribution is -2.03. The number of carbonyl (C=O) groups is 2. The fourth-order valence-corrected chi connectivity index (χ4v) is 3.96. The normalized spacial score (nSPS) is 10.8. The molecule has 0 atom stereocenters. The Kier molecular flexibility index (Phi) is 3.11. The monoisotopic (exact) mass is 303 g/mol. The van der Waals surface area contributed by atoms with Crippen molar-refractivity contribution >= 4 is 44.5 Å². The molecule has 0 amide bonds. The van der Waals surface area contributed by atoms with Crippen LogP contribution in [0.15, 0.2) is 29.6 Å². The molecule has 20 heavy (non-hydrogen) atoms. The minimum Gasteiger partial charge on any atom is -0.476 e. The van der Waals surface area contributed by atoms with Gasteiger partial charge in [0.15, 0.2) is 11.5 Å². The number of carboxylic acid groups (broad SMARTS) is 1. The molecule has 2 aromatic heterocycles. The van der Waals surface area contributed by atoms with Gasteiger partial charge in [-0.2, -0.15) is 0 Å². The molecule has 3 rings (SSSR count). The molecule has 0 spiro atoms. The van der Waals surface area contributed by atoms with Crippen LogP contribution in [0, 0.1) is 0 Å². The summed E-state index contributed by atoms with van der Waals surface area (Å²) in [5.41, 5.74) is 0.721. The van der Waals surface area contributed by atoms with Crippen molar-refractivity contribution in [3.63, 3.8) is 0 Å². The summed E-state index contributed by atoms with van der Waals surface area (Å²) in [5.74, 6) is -1.44. The number of thiazole rings is 1. The maximum absolute atomic E-state index is 11.5. The number of thiophene rings is 1. The van der Waals surface area contributed by atoms with E-state index in [9.17, 15) is 9.59 Å². The summed E-state index contributed by atoms with van der Waals surface area (Å²) in [4.78, 5) is 27.0. The van der Waals surface area contributed by atoms with E-state index in [0.29, 0.717) is 5.01 Å². The van der Waals surface area contributed by atoms with Gasteiger partial charge in [-0.05, 0) is 6.07 Å². The summed E-state index contributed by atoms with van der Waals surface area (Å²) in [7, 11) is 0. The fraction of sp³-hybridized carbons (Fsp3) is 0.0714. The molecule has 0 aliphatic heterocycles. The quantitative estimate of drug-likeness (QED) is 0.744. The summed E-state index contributed by atoms with van der Waals surface area (Å²) in [6.45, 7) is 1.36. The predicted molar refractivity (Wildman–Crippen MR) is 79.9 cm³/mol. The number of fused-ring (bicyclic) bond motifs is 1. The lowest BCUT2D eigenvalue weighted by molar-refractivity contribution is 0.0687. The number of aromatic carboxylic acids is 1. The highest BCUT2D eigenvalue weighted by molar-refractivity contribution is 7.20. The van der Waals surface area contributed by atoms with Gasteiger partial charge in [0.2, 0.25) is 0 Å². The van der Waals surface area contributed by atoms with E-state index in [2.05, 4.69) is 4.98 Å². The second kappa shape index (κ2) is 4.81. The van der Waals surface area contributed by atoms with E-state index in [1.807, 2.05) is 29.6 Å². The first kappa shape index (κ1) is 13.0. The Bertz CT molecular complexity index is 800. The molecule has 0 aliphatic carbocycles. The van der Waals surface area contributed by atoms with E-state index in [4.69, 9.17) is 5.11 Å². The smallest absolute Gasteiger partial charge is 0.356 e. The van der Waals surface area contributed by atoms with Crippen molar-refractivity contribution in [3.05, 3.63) is 40.2 Å². The Hall–Kier alpha value is -2.05. The third kappa shape index (κ3) is 2.03. The summed E-state index contributed by atoms with van der Waals surface area (Å²) >= 11 is 2.71. The van der Waals surface area contributed by atoms with Gasteiger partial charge in [0.1, 0.15) is 9.88 Å². The van der Waals surface area contributed by atoms with Gasteiger partial charge >= 0.3 is 5.97 Å². The average molecular weight is 303 g/mol. The summed E-state index contributed by atoms with van der Waals surface area (Å²) < 4.78 is 1.11. The van der Waals surface area contributed by atoms with E-state index < -0.39 is 5.97 Å². The van der Waals surface area contributed by atoms with Gasteiger partial charge in [-0.3, -0.25) is 4.79 Å². The van der Waals surface area contributed by atoms with Gasteiger partial charge in [0.25, 0.3) is 0 Å². The number of aromatic nitrogens is 1. The van der Waals surface area contributed by atoms with Crippen LogP contribution in [-0.2, 0) is 0 Å². The molecule has 3 aromatic rings. The van der Waals surface area contributed by atoms with Crippen molar-refractivity contribution < 1.29 is 14.7 Å². The molecule has 0 bridgehead atoms. The first-order valence-corrected chi connectivity index (χ1v) is 7.49. The number of ketones is 1. The molecular weight excluding hydrogens is 294 g/mol. The number of nitrogens with zero attached hydrogens (tertiary/aromatic N) is 1. The summed E-state index contributed by atoms with van der Waals surface area (Å²) in [6.07, 6.45) is 0. The highest BCUT2D eigenvalue weighted by Crippen LogP contribution is 2.37. The number of Topliss-reactive ketones (excluding diaryl/α,β-unsaturated/α-hetero) is 1. The minimum atomic E-state index is -1.17. The standard InChI is InChI=1S/C14H9NO3S2/c1-7(16)12-11(14(17)18)15-13(20-12)9-6-19-10-5-3-2-4-8(9)10/h2-6H,1H3,(H,17,18). The third-order valence-electron chi connectivity index (χ3n) is 2.86. The average Bonchev–Trinajstić information content (AvgIpc) is 3.02. The van der Waals surface area contributed by atoms with E-state index in [1.165, 1.54) is 6.92 Å². The van der Waals surface area contributed by atoms with E-state index in [1.54, 1.807) is 11.3 Å². The van der Waals surface area contributed by atoms with Gasteiger partial charge < -0.3 is 5.11 Å². The van der Waals surface area contributed by atoms with Crippen LogP contribution in [0.5, 0.6) is 0 Å². The van der Waals surface area contributed by atoms with Crippen molar-refractivity contribution in [1.82, 2.24) is 4.98 Å². The number of hydrogen-bond acceptors (Lipinski definition) is 5. The van der Waals surface area contributed by atoms with Crippen LogP contribution in [-0.4, -0.2) is 21.8 Å². The van der Waals surface area contributed by atoms with Crippen LogP contribution < -0.4 is 0 Å². The van der Waals surface area contributed by atoms with Crippen LogP contribution in [0.3, 0.4) is 0 Å². The number of hydrogen-bond donors (Lipinski definition) is 1. The number of rotatable bonds is 3. The van der Waals surface area contributed by atoms with Crippen LogP contribution in [0.25, 0.3) is 20.7 Å². The van der Waals surface area contributed by atoms with Crippen molar-refractivity contribution in [1.29, 1.82) is 0 Å². The van der Waals surface area contributed by atoms with Crippen molar-refractivity contribution in [3.8, 4) is 10.6 Å². The number of carbonyl (C=O) groups excluding carboxylic acids is 1. The number of carboxylic acids is 1. The zero-order valence-corrected chi connectivity index (χ0v) is 12.0. The SMILES string of the molecule is CC(=O)c1sc(-c2csc3ccccc23)nc1C(=O)O. The van der Waals surface area contributed by atoms with Crippen LogP contribution >= 0.6 is 22.7 Å². The molecular formula is C14H9NO3S2. The van der Waals surface area contributed by atoms with Gasteiger partial charge in [-0.1, -0.05) is 18.2 Å². The first-order valence-electron chi connectivity index (χ1n) is 5.79. The molecule has 0 fully saturated rings. The highest BCUT2D eigenvalue weighted by Gasteiger charge is 2.22. The zero-order chi connectivity index (χ0) is 14.3. The van der Waals surface area contributed by atoms with E-state index in [0.717, 1.165) is 27.0 Å². The molecule has 0 radical (unpaired) electrons. The van der Waals surface area contributed by atoms with Crippen molar-refractivity contribution in [2.24, 2.45) is 0 Å². The first-order chi connectivity index (χ1) is 9.58. The maximum Gasteiger partial charge on any atom is 0.356 e. The van der Waals surface area contributed by atoms with E-state index in [-0.39, 0.29) is 16.4 Å². The molecule has 4 nitrogen and oxygen atoms in total. The molecule has 0 aliphatic rings. The third-order valence-corrected chi connectivity index (χ3v) is 5.01. The predicted octanol–water partition coefficient (Wildman–Crippen LogP) is 3.93. The van der Waals surface area contributed by atoms with Gasteiger partial charge in [0.05, 0.1) is 0 Å². The Morgan fingerprint density at radius 3 is 2.65 bits per heavy atom. The molecule has 0 saturated heterocycles. The second-order valence-electron chi connectivity index (χ2n) is 4.20. The number of benzene rings is 1. The largest absolute Gasteiger partial charge is 0.476 e. The Labute approximate surface area is 122 Å². The zero-order valence-electron chi connectivity index (χ0n) is 10.4. The Balaban J connectivity index is 2.22. The molecule has 2 heterocycles. The van der Waals surface area contributed by atoms with Gasteiger partial charge in [0, 0.05) is 28.0 Å². The maximum atomic E-state index is 11.5. The lowest BCUT2D eigenvalue weighted by Gasteiger charge is -1.93. The van der Waals surface area contributed by atoms with Gasteiger partial charge in [-0.15, -0.1) is 22.7 Å².